The van der Waals surface area contributed by atoms with E-state index in [1.807, 2.05) is 44.1 Å². The van der Waals surface area contributed by atoms with Gasteiger partial charge >= 0.3 is 12.1 Å². The second-order valence-electron chi connectivity index (χ2n) is 10.8. The number of alkyl carbamates (subject to hydrolysis) is 1. The van der Waals surface area contributed by atoms with Crippen molar-refractivity contribution in [3.05, 3.63) is 47.5 Å². The molecule has 184 valence electrons. The van der Waals surface area contributed by atoms with E-state index in [1.54, 1.807) is 0 Å². The number of rotatable bonds is 6. The number of hydrogen-bond donors (Lipinski definition) is 2. The van der Waals surface area contributed by atoms with Crippen LogP contribution < -0.4 is 5.32 Å². The van der Waals surface area contributed by atoms with Gasteiger partial charge in [0.05, 0.1) is 12.0 Å². The maximum atomic E-state index is 12.6. The predicted octanol–water partition coefficient (Wildman–Crippen LogP) is 3.76. The summed E-state index contributed by atoms with van der Waals surface area (Å²) in [6.07, 6.45) is 3.82. The lowest BCUT2D eigenvalue weighted by Gasteiger charge is -2.34. The highest BCUT2D eigenvalue weighted by Crippen LogP contribution is 2.37. The summed E-state index contributed by atoms with van der Waals surface area (Å²) in [7, 11) is 0. The Morgan fingerprint density at radius 3 is 2.62 bits per heavy atom. The predicted molar refractivity (Wildman–Crippen MR) is 129 cm³/mol. The molecule has 3 atom stereocenters. The zero-order valence-corrected chi connectivity index (χ0v) is 20.7. The van der Waals surface area contributed by atoms with Crippen molar-refractivity contribution in [3.63, 3.8) is 0 Å². The lowest BCUT2D eigenvalue weighted by molar-refractivity contribution is -0.144. The second-order valence-corrected chi connectivity index (χ2v) is 10.8. The first kappa shape index (κ1) is 24.3. The van der Waals surface area contributed by atoms with E-state index in [0.717, 1.165) is 29.9 Å². The van der Waals surface area contributed by atoms with Gasteiger partial charge in [0.25, 0.3) is 0 Å². The van der Waals surface area contributed by atoms with Gasteiger partial charge in [-0.25, -0.2) is 9.78 Å². The van der Waals surface area contributed by atoms with Gasteiger partial charge in [-0.15, -0.1) is 0 Å². The van der Waals surface area contributed by atoms with Crippen molar-refractivity contribution in [2.24, 2.45) is 5.92 Å². The fraction of sp³-hybridized carbons (Fsp3) is 0.577. The number of carboxylic acid groups (broad SMARTS) is 1. The van der Waals surface area contributed by atoms with Crippen molar-refractivity contribution >= 4 is 12.1 Å². The van der Waals surface area contributed by atoms with Gasteiger partial charge in [-0.2, -0.15) is 0 Å². The molecule has 0 bridgehead atoms. The molecule has 0 aliphatic carbocycles. The fourth-order valence-electron chi connectivity index (χ4n) is 5.33. The summed E-state index contributed by atoms with van der Waals surface area (Å²) in [5, 5.41) is 13.3. The van der Waals surface area contributed by atoms with E-state index in [2.05, 4.69) is 35.9 Å². The third-order valence-corrected chi connectivity index (χ3v) is 6.74. The lowest BCUT2D eigenvalue weighted by Crippen LogP contribution is -2.48. The van der Waals surface area contributed by atoms with Gasteiger partial charge in [0, 0.05) is 36.4 Å². The molecular weight excluding hydrogens is 432 g/mol. The Bertz CT molecular complexity index is 1060. The van der Waals surface area contributed by atoms with E-state index < -0.39 is 23.7 Å². The van der Waals surface area contributed by atoms with Gasteiger partial charge in [-0.1, -0.05) is 32.0 Å². The Morgan fingerprint density at radius 1 is 1.21 bits per heavy atom. The largest absolute Gasteiger partial charge is 0.480 e. The Kier molecular flexibility index (Phi) is 6.71. The topological polar surface area (TPSA) is 96.7 Å². The van der Waals surface area contributed by atoms with Crippen LogP contribution in [0.2, 0.25) is 0 Å². The molecule has 1 amide bonds. The van der Waals surface area contributed by atoms with Crippen LogP contribution in [0.1, 0.15) is 63.9 Å². The molecule has 0 saturated carbocycles. The van der Waals surface area contributed by atoms with Gasteiger partial charge in [-0.05, 0) is 57.6 Å². The molecule has 8 heteroatoms. The first-order valence-corrected chi connectivity index (χ1v) is 12.2. The monoisotopic (exact) mass is 468 g/mol. The van der Waals surface area contributed by atoms with Gasteiger partial charge in [0.1, 0.15) is 11.6 Å². The Labute approximate surface area is 201 Å². The SMILES string of the molecule is CC(C)C(c1ncn2c1CCc1ccccc1-2)[C@@H](C(=O)O)N1CC[C@H](NC(=O)OC(C)(C)C)C1. The second kappa shape index (κ2) is 9.41. The molecule has 1 fully saturated rings. The summed E-state index contributed by atoms with van der Waals surface area (Å²) in [4.78, 5) is 31.6. The molecule has 2 aromatic rings. The normalized spacial score (nSPS) is 19.9. The summed E-state index contributed by atoms with van der Waals surface area (Å²) in [6.45, 7) is 10.7. The van der Waals surface area contributed by atoms with Gasteiger partial charge in [0.15, 0.2) is 0 Å². The molecule has 1 aromatic heterocycles. The van der Waals surface area contributed by atoms with Gasteiger partial charge in [0.2, 0.25) is 0 Å². The van der Waals surface area contributed by atoms with Crippen LogP contribution in [0.5, 0.6) is 0 Å². The number of carbonyl (C=O) groups excluding carboxylic acids is 1. The molecule has 4 rings (SSSR count). The number of benzene rings is 1. The molecule has 1 aromatic carbocycles. The molecular formula is C26H36N4O4. The molecule has 2 N–H and O–H groups in total. The Balaban J connectivity index is 1.57. The minimum absolute atomic E-state index is 0.0794. The van der Waals surface area contributed by atoms with Crippen LogP contribution in [-0.4, -0.2) is 62.4 Å². The van der Waals surface area contributed by atoms with Crippen LogP contribution in [-0.2, 0) is 22.4 Å². The average molecular weight is 469 g/mol. The number of imidazole rings is 1. The molecule has 2 aliphatic rings. The maximum Gasteiger partial charge on any atom is 0.407 e. The molecule has 1 saturated heterocycles. The zero-order valence-electron chi connectivity index (χ0n) is 20.7. The first-order chi connectivity index (χ1) is 16.0. The van der Waals surface area contributed by atoms with Crippen LogP contribution in [0.15, 0.2) is 30.6 Å². The van der Waals surface area contributed by atoms with Crippen molar-refractivity contribution in [1.82, 2.24) is 19.8 Å². The van der Waals surface area contributed by atoms with Crippen LogP contribution in [0.3, 0.4) is 0 Å². The van der Waals surface area contributed by atoms with E-state index >= 15 is 0 Å². The van der Waals surface area contributed by atoms with Gasteiger partial charge in [-0.3, -0.25) is 9.69 Å². The van der Waals surface area contributed by atoms with Crippen LogP contribution in [0.25, 0.3) is 5.69 Å². The number of likely N-dealkylation sites (tertiary alicyclic amines) is 1. The highest BCUT2D eigenvalue weighted by molar-refractivity contribution is 5.75. The van der Waals surface area contributed by atoms with Crippen molar-refractivity contribution in [2.75, 3.05) is 13.1 Å². The molecule has 8 nitrogen and oxygen atoms in total. The summed E-state index contributed by atoms with van der Waals surface area (Å²) in [6, 6.07) is 7.44. The van der Waals surface area contributed by atoms with Crippen LogP contribution >= 0.6 is 0 Å². The summed E-state index contributed by atoms with van der Waals surface area (Å²) in [5.41, 5.74) is 3.81. The number of hydrogen-bond acceptors (Lipinski definition) is 5. The maximum absolute atomic E-state index is 12.6. The molecule has 34 heavy (non-hydrogen) atoms. The lowest BCUT2D eigenvalue weighted by atomic mass is 9.82. The number of fused-ring (bicyclic) bond motifs is 3. The Morgan fingerprint density at radius 2 is 1.94 bits per heavy atom. The number of carboxylic acids is 1. The first-order valence-electron chi connectivity index (χ1n) is 12.2. The fourth-order valence-corrected chi connectivity index (χ4v) is 5.33. The molecule has 3 heterocycles. The minimum Gasteiger partial charge on any atom is -0.480 e. The molecule has 2 aliphatic heterocycles. The number of aryl methyl sites for hydroxylation is 1. The zero-order chi connectivity index (χ0) is 24.6. The van der Waals surface area contributed by atoms with E-state index in [0.29, 0.717) is 19.5 Å². The Hall–Kier alpha value is -2.87. The number of aromatic nitrogens is 2. The quantitative estimate of drug-likeness (QED) is 0.670. The van der Waals surface area contributed by atoms with Gasteiger partial charge < -0.3 is 19.7 Å². The van der Waals surface area contributed by atoms with Crippen molar-refractivity contribution in [3.8, 4) is 5.69 Å². The minimum atomic E-state index is -0.852. The third-order valence-electron chi connectivity index (χ3n) is 6.74. The van der Waals surface area contributed by atoms with E-state index in [-0.39, 0.29) is 17.9 Å². The van der Waals surface area contributed by atoms with Crippen molar-refractivity contribution < 1.29 is 19.4 Å². The summed E-state index contributed by atoms with van der Waals surface area (Å²) >= 11 is 0. The third kappa shape index (κ3) is 4.97. The van der Waals surface area contributed by atoms with E-state index in [4.69, 9.17) is 9.72 Å². The number of aliphatic carboxylic acids is 1. The molecule has 0 radical (unpaired) electrons. The summed E-state index contributed by atoms with van der Waals surface area (Å²) < 4.78 is 7.51. The molecule has 0 spiro atoms. The van der Waals surface area contributed by atoms with Crippen LogP contribution in [0, 0.1) is 5.92 Å². The standard InChI is InChI=1S/C26H36N4O4/c1-16(2)21(22-20-11-10-17-8-6-7-9-19(17)30(20)15-27-22)23(24(31)32)29-13-12-18(14-29)28-25(33)34-26(3,4)5/h6-9,15-16,18,21,23H,10-14H2,1-5H3,(H,28,33)(H,31,32)/t18-,21?,23-/m0/s1. The number of amides is 1. The van der Waals surface area contributed by atoms with Crippen molar-refractivity contribution in [2.45, 2.75) is 77.5 Å². The number of carbonyl (C=O) groups is 2. The average Bonchev–Trinajstić information content (AvgIpc) is 3.36. The highest BCUT2D eigenvalue weighted by atomic mass is 16.6. The van der Waals surface area contributed by atoms with Crippen molar-refractivity contribution in [1.29, 1.82) is 0 Å². The number of ether oxygens (including phenoxy) is 1. The highest BCUT2D eigenvalue weighted by Gasteiger charge is 2.42. The number of nitrogens with one attached hydrogen (secondary N) is 1. The number of nitrogens with zero attached hydrogens (tertiary/aromatic N) is 3. The van der Waals surface area contributed by atoms with Crippen LogP contribution in [0.4, 0.5) is 4.79 Å². The smallest absolute Gasteiger partial charge is 0.407 e. The summed E-state index contributed by atoms with van der Waals surface area (Å²) in [5.74, 6) is -1.04. The van der Waals surface area contributed by atoms with E-state index in [1.165, 1.54) is 5.56 Å². The molecule has 1 unspecified atom stereocenters. The number of para-hydroxylation sites is 1. The van der Waals surface area contributed by atoms with E-state index in [9.17, 15) is 14.7 Å².